The van der Waals surface area contributed by atoms with Crippen molar-refractivity contribution in [3.63, 3.8) is 0 Å². The maximum Gasteiger partial charge on any atom is 0.330 e. The largest absolute Gasteiger partial charge is 0.394 e. The summed E-state index contributed by atoms with van der Waals surface area (Å²) >= 11 is 0. The maximum atomic E-state index is 12.0. The van der Waals surface area contributed by atoms with Gasteiger partial charge in [0.15, 0.2) is 12.0 Å². The molecule has 8 heteroatoms. The van der Waals surface area contributed by atoms with Crippen LogP contribution in [0, 0.1) is 0 Å². The van der Waals surface area contributed by atoms with Crippen molar-refractivity contribution in [3.8, 4) is 0 Å². The minimum atomic E-state index is -0.945. The van der Waals surface area contributed by atoms with E-state index in [1.807, 2.05) is 0 Å². The minimum Gasteiger partial charge on any atom is -0.394 e. The molecule has 0 aromatic carbocycles. The Morgan fingerprint density at radius 1 is 1.38 bits per heavy atom. The van der Waals surface area contributed by atoms with E-state index < -0.39 is 41.1 Å². The summed E-state index contributed by atoms with van der Waals surface area (Å²) in [6, 6.07) is 1.23. The molecule has 21 heavy (non-hydrogen) atoms. The smallest absolute Gasteiger partial charge is 0.330 e. The van der Waals surface area contributed by atoms with Crippen LogP contribution in [-0.4, -0.2) is 44.9 Å². The van der Waals surface area contributed by atoms with Gasteiger partial charge in [0.1, 0.15) is 17.8 Å². The normalized spacial score (nSPS) is 37.6. The summed E-state index contributed by atoms with van der Waals surface area (Å²) in [4.78, 5) is 25.3. The fourth-order valence-electron chi connectivity index (χ4n) is 3.13. The lowest BCUT2D eigenvalue weighted by molar-refractivity contribution is -0.218. The van der Waals surface area contributed by atoms with E-state index >= 15 is 0 Å². The molecule has 3 rings (SSSR count). The van der Waals surface area contributed by atoms with E-state index in [9.17, 15) is 14.7 Å². The van der Waals surface area contributed by atoms with E-state index in [1.165, 1.54) is 16.8 Å². The van der Waals surface area contributed by atoms with Crippen molar-refractivity contribution >= 4 is 0 Å². The van der Waals surface area contributed by atoms with Crippen LogP contribution in [0.5, 0.6) is 0 Å². The molecule has 1 aromatic rings. The zero-order chi connectivity index (χ0) is 15.4. The number of ether oxygens (including phenoxy) is 3. The van der Waals surface area contributed by atoms with E-state index in [0.29, 0.717) is 0 Å². The summed E-state index contributed by atoms with van der Waals surface area (Å²) in [5.74, 6) is -0.847. The van der Waals surface area contributed by atoms with Crippen LogP contribution < -0.4 is 11.2 Å². The Labute approximate surface area is 120 Å². The number of fused-ring (bicyclic) bond motifs is 1. The lowest BCUT2D eigenvalue weighted by atomic mass is 9.96. The molecule has 2 fully saturated rings. The predicted octanol–water partition coefficient (Wildman–Crippen LogP) is -0.663. The monoisotopic (exact) mass is 298 g/mol. The fraction of sp³-hybridized carbons (Fsp3) is 0.692. The van der Waals surface area contributed by atoms with Crippen molar-refractivity contribution in [3.05, 3.63) is 33.1 Å². The Balaban J connectivity index is 2.07. The van der Waals surface area contributed by atoms with Crippen molar-refractivity contribution < 1.29 is 19.3 Å². The van der Waals surface area contributed by atoms with Crippen LogP contribution >= 0.6 is 0 Å². The first kappa shape index (κ1) is 14.5. The summed E-state index contributed by atoms with van der Waals surface area (Å²) in [5, 5.41) is 9.47. The molecular formula is C13H18N2O6. The van der Waals surface area contributed by atoms with Gasteiger partial charge in [-0.05, 0) is 20.8 Å². The Kier molecular flexibility index (Phi) is 3.10. The molecule has 0 aliphatic carbocycles. The molecule has 2 saturated heterocycles. The van der Waals surface area contributed by atoms with Gasteiger partial charge in [-0.15, -0.1) is 0 Å². The molecule has 2 N–H and O–H groups in total. The van der Waals surface area contributed by atoms with Gasteiger partial charge < -0.3 is 19.3 Å². The van der Waals surface area contributed by atoms with Gasteiger partial charge >= 0.3 is 5.69 Å². The summed E-state index contributed by atoms with van der Waals surface area (Å²) in [6.45, 7) is 5.04. The van der Waals surface area contributed by atoms with Gasteiger partial charge in [0.25, 0.3) is 5.56 Å². The lowest BCUT2D eigenvalue weighted by Gasteiger charge is -2.30. The minimum absolute atomic E-state index is 0.256. The topological polar surface area (TPSA) is 103 Å². The van der Waals surface area contributed by atoms with Gasteiger partial charge in [-0.25, -0.2) is 4.79 Å². The number of aromatic nitrogens is 2. The molecule has 4 atom stereocenters. The highest BCUT2D eigenvalue weighted by molar-refractivity contribution is 5.06. The molecule has 8 nitrogen and oxygen atoms in total. The first-order valence-corrected chi connectivity index (χ1v) is 6.72. The van der Waals surface area contributed by atoms with Crippen LogP contribution in [0.2, 0.25) is 0 Å². The number of rotatable bonds is 2. The lowest BCUT2D eigenvalue weighted by Crippen LogP contribution is -2.45. The first-order valence-electron chi connectivity index (χ1n) is 6.72. The average Bonchev–Trinajstić information content (AvgIpc) is 2.76. The molecule has 116 valence electrons. The van der Waals surface area contributed by atoms with Crippen LogP contribution in [0.3, 0.4) is 0 Å². The number of aliphatic hydroxyl groups is 1. The molecule has 0 bridgehead atoms. The Morgan fingerprint density at radius 2 is 2.10 bits per heavy atom. The van der Waals surface area contributed by atoms with E-state index in [0.717, 1.165) is 0 Å². The van der Waals surface area contributed by atoms with Gasteiger partial charge in [-0.2, -0.15) is 0 Å². The molecule has 2 aliphatic heterocycles. The second kappa shape index (κ2) is 4.51. The summed E-state index contributed by atoms with van der Waals surface area (Å²) in [6.07, 6.45) is -0.574. The second-order valence-corrected chi connectivity index (χ2v) is 5.95. The molecule has 0 radical (unpaired) electrons. The zero-order valence-electron chi connectivity index (χ0n) is 12.0. The van der Waals surface area contributed by atoms with Crippen LogP contribution in [0.15, 0.2) is 21.9 Å². The van der Waals surface area contributed by atoms with E-state index in [4.69, 9.17) is 14.2 Å². The number of H-pyrrole nitrogens is 1. The van der Waals surface area contributed by atoms with Crippen LogP contribution in [0.4, 0.5) is 0 Å². The van der Waals surface area contributed by atoms with Gasteiger partial charge in [-0.1, -0.05) is 0 Å². The molecule has 1 aromatic heterocycles. The standard InChI is InChI=1S/C13H18N2O6/c1-12(2)20-9-7(6-16)19-10(13(9,3)21-12)15-5-4-8(17)14-11(15)18/h4-5,7,9-10,16H,6H2,1-3H3,(H,14,17,18)/t7-,9-,10?,13-/m1/s1. The molecule has 0 spiro atoms. The van der Waals surface area contributed by atoms with Crippen molar-refractivity contribution in [2.75, 3.05) is 6.61 Å². The molecule has 3 heterocycles. The van der Waals surface area contributed by atoms with Crippen LogP contribution in [0.25, 0.3) is 0 Å². The predicted molar refractivity (Wildman–Crippen MR) is 70.8 cm³/mol. The van der Waals surface area contributed by atoms with E-state index in [1.54, 1.807) is 20.8 Å². The van der Waals surface area contributed by atoms with E-state index in [-0.39, 0.29) is 6.61 Å². The number of nitrogens with zero attached hydrogens (tertiary/aromatic N) is 1. The molecular weight excluding hydrogens is 280 g/mol. The van der Waals surface area contributed by atoms with Gasteiger partial charge in [0, 0.05) is 12.3 Å². The second-order valence-electron chi connectivity index (χ2n) is 5.95. The average molecular weight is 298 g/mol. The van der Waals surface area contributed by atoms with Gasteiger partial charge in [-0.3, -0.25) is 14.3 Å². The Morgan fingerprint density at radius 3 is 2.71 bits per heavy atom. The number of aliphatic hydroxyl groups excluding tert-OH is 1. The highest BCUT2D eigenvalue weighted by atomic mass is 16.8. The van der Waals surface area contributed by atoms with Gasteiger partial charge in [0.2, 0.25) is 0 Å². The number of hydrogen-bond donors (Lipinski definition) is 2. The van der Waals surface area contributed by atoms with Crippen molar-refractivity contribution in [1.29, 1.82) is 0 Å². The summed E-state index contributed by atoms with van der Waals surface area (Å²) < 4.78 is 18.7. The Hall–Kier alpha value is -1.48. The third kappa shape index (κ3) is 2.15. The SMILES string of the molecule is CC1(C)O[C@@H]2[C@@H](CO)OC(n3ccc(=O)[nH]c3=O)[C@]2(C)O1. The first-order chi connectivity index (χ1) is 9.77. The number of hydrogen-bond acceptors (Lipinski definition) is 6. The van der Waals surface area contributed by atoms with Crippen molar-refractivity contribution in [2.45, 2.75) is 50.6 Å². The van der Waals surface area contributed by atoms with Gasteiger partial charge in [0.05, 0.1) is 6.61 Å². The quantitative estimate of drug-likeness (QED) is 0.751. The van der Waals surface area contributed by atoms with Crippen molar-refractivity contribution in [2.24, 2.45) is 0 Å². The van der Waals surface area contributed by atoms with Crippen LogP contribution in [-0.2, 0) is 14.2 Å². The highest BCUT2D eigenvalue weighted by Crippen LogP contribution is 2.50. The number of aromatic amines is 1. The third-order valence-corrected chi connectivity index (χ3v) is 3.86. The van der Waals surface area contributed by atoms with E-state index in [2.05, 4.69) is 4.98 Å². The fourth-order valence-corrected chi connectivity index (χ4v) is 3.13. The molecule has 0 saturated carbocycles. The summed E-state index contributed by atoms with van der Waals surface area (Å²) in [5.41, 5.74) is -2.03. The summed E-state index contributed by atoms with van der Waals surface area (Å²) in [7, 11) is 0. The maximum absolute atomic E-state index is 12.0. The third-order valence-electron chi connectivity index (χ3n) is 3.86. The highest BCUT2D eigenvalue weighted by Gasteiger charge is 2.64. The zero-order valence-corrected chi connectivity index (χ0v) is 12.0. The van der Waals surface area contributed by atoms with Crippen molar-refractivity contribution in [1.82, 2.24) is 9.55 Å². The molecule has 0 amide bonds. The molecule has 2 aliphatic rings. The Bertz CT molecular complexity index is 665. The van der Waals surface area contributed by atoms with Crippen LogP contribution in [0.1, 0.15) is 27.0 Å². The molecule has 1 unspecified atom stereocenters. The number of nitrogens with one attached hydrogen (secondary N) is 1.